The Labute approximate surface area is 134 Å². The van der Waals surface area contributed by atoms with Crippen molar-refractivity contribution in [1.29, 1.82) is 0 Å². The van der Waals surface area contributed by atoms with Crippen LogP contribution in [0.4, 0.5) is 10.1 Å². The predicted octanol–water partition coefficient (Wildman–Crippen LogP) is 3.63. The fourth-order valence-corrected chi connectivity index (χ4v) is 1.97. The lowest BCUT2D eigenvalue weighted by molar-refractivity contribution is -0.123. The van der Waals surface area contributed by atoms with Gasteiger partial charge < -0.3 is 10.1 Å². The highest BCUT2D eigenvalue weighted by Crippen LogP contribution is 2.17. The number of esters is 1. The van der Waals surface area contributed by atoms with Gasteiger partial charge in [0.1, 0.15) is 5.82 Å². The number of hydrogen-bond donors (Lipinski definition) is 1. The maximum atomic E-state index is 12.8. The molecule has 0 aliphatic carbocycles. The molecule has 2 rings (SSSR count). The summed E-state index contributed by atoms with van der Waals surface area (Å²) in [5.41, 5.74) is 2.81. The van der Waals surface area contributed by atoms with E-state index in [2.05, 4.69) is 5.32 Å². The Balaban J connectivity index is 2.01. The van der Waals surface area contributed by atoms with Gasteiger partial charge in [0.05, 0.1) is 5.56 Å². The molecule has 1 atom stereocenters. The van der Waals surface area contributed by atoms with Crippen molar-refractivity contribution in [3.05, 3.63) is 65.0 Å². The van der Waals surface area contributed by atoms with Gasteiger partial charge in [0.15, 0.2) is 6.10 Å². The van der Waals surface area contributed by atoms with Crippen LogP contribution in [0.3, 0.4) is 0 Å². The van der Waals surface area contributed by atoms with Gasteiger partial charge in [-0.3, -0.25) is 4.79 Å². The Hall–Kier alpha value is -2.69. The molecule has 0 bridgehead atoms. The maximum Gasteiger partial charge on any atom is 0.338 e. The Morgan fingerprint density at radius 3 is 2.39 bits per heavy atom. The van der Waals surface area contributed by atoms with Gasteiger partial charge in [0, 0.05) is 5.69 Å². The number of halogens is 1. The van der Waals surface area contributed by atoms with E-state index < -0.39 is 23.8 Å². The van der Waals surface area contributed by atoms with Crippen LogP contribution in [0.2, 0.25) is 0 Å². The summed E-state index contributed by atoms with van der Waals surface area (Å²) in [5.74, 6) is -1.54. The van der Waals surface area contributed by atoms with Crippen molar-refractivity contribution in [2.45, 2.75) is 26.9 Å². The predicted molar refractivity (Wildman–Crippen MR) is 85.8 cm³/mol. The summed E-state index contributed by atoms with van der Waals surface area (Å²) in [4.78, 5) is 24.1. The smallest absolute Gasteiger partial charge is 0.338 e. The zero-order valence-corrected chi connectivity index (χ0v) is 13.2. The molecule has 2 aromatic carbocycles. The fourth-order valence-electron chi connectivity index (χ4n) is 1.97. The molecule has 23 heavy (non-hydrogen) atoms. The second kappa shape index (κ2) is 7.05. The van der Waals surface area contributed by atoms with Crippen LogP contribution in [0.15, 0.2) is 42.5 Å². The minimum absolute atomic E-state index is 0.192. The molecular weight excluding hydrogens is 297 g/mol. The molecular formula is C18H18FNO3. The van der Waals surface area contributed by atoms with E-state index in [1.807, 2.05) is 32.0 Å². The molecule has 0 spiro atoms. The monoisotopic (exact) mass is 315 g/mol. The zero-order valence-electron chi connectivity index (χ0n) is 13.2. The second-order valence-electron chi connectivity index (χ2n) is 5.36. The number of aryl methyl sites for hydroxylation is 2. The molecule has 0 aromatic heterocycles. The molecule has 0 heterocycles. The minimum Gasteiger partial charge on any atom is -0.449 e. The van der Waals surface area contributed by atoms with Crippen molar-refractivity contribution >= 4 is 17.6 Å². The first-order valence-corrected chi connectivity index (χ1v) is 7.21. The molecule has 0 unspecified atom stereocenters. The topological polar surface area (TPSA) is 55.4 Å². The first kappa shape index (κ1) is 16.7. The molecule has 5 heteroatoms. The van der Waals surface area contributed by atoms with Crippen molar-refractivity contribution in [3.63, 3.8) is 0 Å². The number of carbonyl (C=O) groups excluding carboxylic acids is 2. The third-order valence-corrected chi connectivity index (χ3v) is 3.38. The van der Waals surface area contributed by atoms with Crippen LogP contribution in [-0.4, -0.2) is 18.0 Å². The van der Waals surface area contributed by atoms with Crippen LogP contribution in [0, 0.1) is 19.7 Å². The number of benzene rings is 2. The summed E-state index contributed by atoms with van der Waals surface area (Å²) < 4.78 is 17.9. The van der Waals surface area contributed by atoms with E-state index in [1.54, 1.807) is 0 Å². The van der Waals surface area contributed by atoms with Crippen molar-refractivity contribution in [2.75, 3.05) is 5.32 Å². The summed E-state index contributed by atoms with van der Waals surface area (Å²) in [5, 5.41) is 2.74. The zero-order chi connectivity index (χ0) is 17.0. The number of anilines is 1. The van der Waals surface area contributed by atoms with E-state index in [0.717, 1.165) is 23.3 Å². The van der Waals surface area contributed by atoms with Gasteiger partial charge in [0.25, 0.3) is 5.91 Å². The third-order valence-electron chi connectivity index (χ3n) is 3.38. The normalized spacial score (nSPS) is 11.7. The number of ether oxygens (including phenoxy) is 1. The van der Waals surface area contributed by atoms with Crippen molar-refractivity contribution in [3.8, 4) is 0 Å². The Bertz CT molecular complexity index is 726. The lowest BCUT2D eigenvalue weighted by atomic mass is 10.1. The standard InChI is InChI=1S/C18H18FNO3/c1-11-4-5-12(2)16(10-11)20-17(21)13(3)23-18(22)14-6-8-15(19)9-7-14/h4-10,13H,1-3H3,(H,20,21)/t13-/m0/s1. The molecule has 1 amide bonds. The molecule has 0 fully saturated rings. The molecule has 0 aliphatic heterocycles. The van der Waals surface area contributed by atoms with Crippen molar-refractivity contribution < 1.29 is 18.7 Å². The lowest BCUT2D eigenvalue weighted by Crippen LogP contribution is -2.30. The number of amides is 1. The molecule has 0 saturated heterocycles. The highest BCUT2D eigenvalue weighted by molar-refractivity contribution is 5.97. The van der Waals surface area contributed by atoms with Crippen LogP contribution < -0.4 is 5.32 Å². The first-order chi connectivity index (χ1) is 10.9. The molecule has 4 nitrogen and oxygen atoms in total. The molecule has 1 N–H and O–H groups in total. The van der Waals surface area contributed by atoms with E-state index in [-0.39, 0.29) is 5.56 Å². The van der Waals surface area contributed by atoms with Gasteiger partial charge in [-0.15, -0.1) is 0 Å². The van der Waals surface area contributed by atoms with E-state index in [4.69, 9.17) is 4.74 Å². The van der Waals surface area contributed by atoms with E-state index >= 15 is 0 Å². The fraction of sp³-hybridized carbons (Fsp3) is 0.222. The van der Waals surface area contributed by atoms with Gasteiger partial charge in [-0.2, -0.15) is 0 Å². The van der Waals surface area contributed by atoms with Crippen LogP contribution in [-0.2, 0) is 9.53 Å². The maximum absolute atomic E-state index is 12.8. The Morgan fingerprint density at radius 2 is 1.74 bits per heavy atom. The quantitative estimate of drug-likeness (QED) is 0.877. The van der Waals surface area contributed by atoms with Crippen LogP contribution >= 0.6 is 0 Å². The lowest BCUT2D eigenvalue weighted by Gasteiger charge is -2.15. The second-order valence-corrected chi connectivity index (χ2v) is 5.36. The van der Waals surface area contributed by atoms with Crippen molar-refractivity contribution in [2.24, 2.45) is 0 Å². The van der Waals surface area contributed by atoms with E-state index in [1.165, 1.54) is 19.1 Å². The molecule has 0 aliphatic rings. The number of nitrogens with one attached hydrogen (secondary N) is 1. The number of carbonyl (C=O) groups is 2. The van der Waals surface area contributed by atoms with Crippen molar-refractivity contribution in [1.82, 2.24) is 0 Å². The molecule has 0 radical (unpaired) electrons. The average molecular weight is 315 g/mol. The van der Waals surface area contributed by atoms with Gasteiger partial charge >= 0.3 is 5.97 Å². The SMILES string of the molecule is Cc1ccc(C)c(NC(=O)[C@H](C)OC(=O)c2ccc(F)cc2)c1. The van der Waals surface area contributed by atoms with E-state index in [0.29, 0.717) is 5.69 Å². The van der Waals surface area contributed by atoms with Gasteiger partial charge in [-0.05, 0) is 62.2 Å². The number of hydrogen-bond acceptors (Lipinski definition) is 3. The van der Waals surface area contributed by atoms with Gasteiger partial charge in [0.2, 0.25) is 0 Å². The van der Waals surface area contributed by atoms with E-state index in [9.17, 15) is 14.0 Å². The summed E-state index contributed by atoms with van der Waals surface area (Å²) in [6.07, 6.45) is -0.965. The molecule has 120 valence electrons. The molecule has 0 saturated carbocycles. The number of rotatable bonds is 4. The summed E-state index contributed by atoms with van der Waals surface area (Å²) in [6, 6.07) is 10.7. The highest BCUT2D eigenvalue weighted by atomic mass is 19.1. The van der Waals surface area contributed by atoms with Gasteiger partial charge in [-0.1, -0.05) is 12.1 Å². The van der Waals surface area contributed by atoms with Crippen LogP contribution in [0.5, 0.6) is 0 Å². The minimum atomic E-state index is -0.965. The highest BCUT2D eigenvalue weighted by Gasteiger charge is 2.19. The Kier molecular flexibility index (Phi) is 5.11. The molecule has 2 aromatic rings. The average Bonchev–Trinajstić information content (AvgIpc) is 2.51. The summed E-state index contributed by atoms with van der Waals surface area (Å²) in [7, 11) is 0. The summed E-state index contributed by atoms with van der Waals surface area (Å²) >= 11 is 0. The third kappa shape index (κ3) is 4.39. The largest absolute Gasteiger partial charge is 0.449 e. The first-order valence-electron chi connectivity index (χ1n) is 7.21. The summed E-state index contributed by atoms with van der Waals surface area (Å²) in [6.45, 7) is 5.29. The van der Waals surface area contributed by atoms with Crippen LogP contribution in [0.1, 0.15) is 28.4 Å². The van der Waals surface area contributed by atoms with Crippen LogP contribution in [0.25, 0.3) is 0 Å². The Morgan fingerprint density at radius 1 is 1.09 bits per heavy atom. The van der Waals surface area contributed by atoms with Gasteiger partial charge in [-0.25, -0.2) is 9.18 Å².